The van der Waals surface area contributed by atoms with Gasteiger partial charge < -0.3 is 4.57 Å². The molecule has 2 nitrogen and oxygen atoms in total. The first-order valence-electron chi connectivity index (χ1n) is 6.94. The van der Waals surface area contributed by atoms with Gasteiger partial charge in [0.2, 0.25) is 0 Å². The quantitative estimate of drug-likeness (QED) is 0.489. The second-order valence-corrected chi connectivity index (χ2v) is 5.33. The molecule has 3 aromatic rings. The number of benzene rings is 2. The van der Waals surface area contributed by atoms with Crippen LogP contribution in [0.5, 0.6) is 0 Å². The molecular formula is C19H14ClNO. The van der Waals surface area contributed by atoms with Gasteiger partial charge in [-0.05, 0) is 60.2 Å². The van der Waals surface area contributed by atoms with E-state index in [1.54, 1.807) is 18.2 Å². The van der Waals surface area contributed by atoms with Gasteiger partial charge in [0.25, 0.3) is 0 Å². The zero-order chi connectivity index (χ0) is 15.4. The van der Waals surface area contributed by atoms with Gasteiger partial charge in [-0.3, -0.25) is 4.79 Å². The molecule has 0 aliphatic heterocycles. The van der Waals surface area contributed by atoms with Gasteiger partial charge in [-0.2, -0.15) is 0 Å². The average Bonchev–Trinajstić information content (AvgIpc) is 3.07. The van der Waals surface area contributed by atoms with Crippen molar-refractivity contribution in [2.45, 2.75) is 0 Å². The highest BCUT2D eigenvalue weighted by Crippen LogP contribution is 2.14. The molecule has 2 aromatic carbocycles. The van der Waals surface area contributed by atoms with Crippen molar-refractivity contribution in [3.05, 3.63) is 95.3 Å². The Labute approximate surface area is 134 Å². The third kappa shape index (κ3) is 3.35. The Bertz CT molecular complexity index is 802. The lowest BCUT2D eigenvalue weighted by Gasteiger charge is -2.03. The van der Waals surface area contributed by atoms with Crippen LogP contribution < -0.4 is 0 Å². The van der Waals surface area contributed by atoms with Crippen LogP contribution in [0.15, 0.2) is 79.1 Å². The van der Waals surface area contributed by atoms with Gasteiger partial charge >= 0.3 is 0 Å². The van der Waals surface area contributed by atoms with Crippen LogP contribution in [0.25, 0.3) is 11.8 Å². The number of hydrogen-bond acceptors (Lipinski definition) is 1. The smallest absolute Gasteiger partial charge is 0.185 e. The predicted molar refractivity (Wildman–Crippen MR) is 90.6 cm³/mol. The van der Waals surface area contributed by atoms with E-state index in [2.05, 4.69) is 0 Å². The third-order valence-electron chi connectivity index (χ3n) is 3.33. The van der Waals surface area contributed by atoms with Crippen LogP contribution in [0, 0.1) is 0 Å². The fourth-order valence-electron chi connectivity index (χ4n) is 2.18. The van der Waals surface area contributed by atoms with Crippen molar-refractivity contribution in [1.29, 1.82) is 0 Å². The molecule has 3 heteroatoms. The van der Waals surface area contributed by atoms with Crippen LogP contribution in [0.3, 0.4) is 0 Å². The van der Waals surface area contributed by atoms with Crippen molar-refractivity contribution in [3.63, 3.8) is 0 Å². The number of halogens is 1. The summed E-state index contributed by atoms with van der Waals surface area (Å²) >= 11 is 5.92. The zero-order valence-electron chi connectivity index (χ0n) is 11.8. The average molecular weight is 308 g/mol. The molecule has 0 saturated carbocycles. The van der Waals surface area contributed by atoms with Gasteiger partial charge in [-0.1, -0.05) is 29.8 Å². The SMILES string of the molecule is O=C(/C=C/c1cccc(Cl)c1)c1ccc(-n2cccc2)cc1. The fraction of sp³-hybridized carbons (Fsp3) is 0. The number of carbonyl (C=O) groups excluding carboxylic acids is 1. The number of aromatic nitrogens is 1. The number of carbonyl (C=O) groups is 1. The number of rotatable bonds is 4. The van der Waals surface area contributed by atoms with E-state index in [0.717, 1.165) is 11.3 Å². The van der Waals surface area contributed by atoms with E-state index in [9.17, 15) is 4.79 Å². The molecule has 0 aliphatic carbocycles. The fourth-order valence-corrected chi connectivity index (χ4v) is 2.38. The molecule has 3 rings (SSSR count). The van der Waals surface area contributed by atoms with Crippen LogP contribution in [0.4, 0.5) is 0 Å². The summed E-state index contributed by atoms with van der Waals surface area (Å²) < 4.78 is 2.00. The maximum Gasteiger partial charge on any atom is 0.185 e. The van der Waals surface area contributed by atoms with E-state index < -0.39 is 0 Å². The maximum atomic E-state index is 12.2. The Morgan fingerprint density at radius 2 is 1.68 bits per heavy atom. The van der Waals surface area contributed by atoms with Gasteiger partial charge in [0, 0.05) is 28.7 Å². The first-order chi connectivity index (χ1) is 10.7. The van der Waals surface area contributed by atoms with Crippen molar-refractivity contribution >= 4 is 23.5 Å². The second-order valence-electron chi connectivity index (χ2n) is 4.89. The highest BCUT2D eigenvalue weighted by molar-refractivity contribution is 6.30. The van der Waals surface area contributed by atoms with Crippen LogP contribution in [-0.4, -0.2) is 10.4 Å². The molecule has 0 amide bonds. The molecule has 0 spiro atoms. The highest BCUT2D eigenvalue weighted by Gasteiger charge is 2.02. The van der Waals surface area contributed by atoms with Crippen molar-refractivity contribution in [3.8, 4) is 5.69 Å². The van der Waals surface area contributed by atoms with E-state index in [0.29, 0.717) is 10.6 Å². The van der Waals surface area contributed by atoms with E-state index >= 15 is 0 Å². The topological polar surface area (TPSA) is 22.0 Å². The summed E-state index contributed by atoms with van der Waals surface area (Å²) in [5, 5.41) is 0.658. The Balaban J connectivity index is 1.75. The largest absolute Gasteiger partial charge is 0.324 e. The Hall–Kier alpha value is -2.58. The Morgan fingerprint density at radius 1 is 0.955 bits per heavy atom. The summed E-state index contributed by atoms with van der Waals surface area (Å²) in [6, 6.07) is 18.9. The normalized spacial score (nSPS) is 11.0. The summed E-state index contributed by atoms with van der Waals surface area (Å²) in [4.78, 5) is 12.2. The molecule has 0 aliphatic rings. The summed E-state index contributed by atoms with van der Waals surface area (Å²) in [7, 11) is 0. The van der Waals surface area contributed by atoms with Gasteiger partial charge in [-0.25, -0.2) is 0 Å². The van der Waals surface area contributed by atoms with Crippen LogP contribution in [0.2, 0.25) is 5.02 Å². The van der Waals surface area contributed by atoms with Crippen molar-refractivity contribution in [2.75, 3.05) is 0 Å². The van der Waals surface area contributed by atoms with E-state index in [4.69, 9.17) is 11.6 Å². The minimum atomic E-state index is -0.0287. The summed E-state index contributed by atoms with van der Waals surface area (Å²) in [5.74, 6) is -0.0287. The van der Waals surface area contributed by atoms with Crippen molar-refractivity contribution in [2.24, 2.45) is 0 Å². The molecule has 0 bridgehead atoms. The Kier molecular flexibility index (Phi) is 4.22. The number of hydrogen-bond donors (Lipinski definition) is 0. The lowest BCUT2D eigenvalue weighted by atomic mass is 10.1. The minimum absolute atomic E-state index is 0.0287. The molecule has 22 heavy (non-hydrogen) atoms. The van der Waals surface area contributed by atoms with E-state index in [-0.39, 0.29) is 5.78 Å². The molecule has 0 radical (unpaired) electrons. The molecular weight excluding hydrogens is 294 g/mol. The monoisotopic (exact) mass is 307 g/mol. The Morgan fingerprint density at radius 3 is 2.36 bits per heavy atom. The lowest BCUT2D eigenvalue weighted by Crippen LogP contribution is -1.96. The zero-order valence-corrected chi connectivity index (χ0v) is 12.6. The molecule has 0 saturated heterocycles. The summed E-state index contributed by atoms with van der Waals surface area (Å²) in [6.07, 6.45) is 7.27. The molecule has 0 atom stereocenters. The summed E-state index contributed by atoms with van der Waals surface area (Å²) in [6.45, 7) is 0. The van der Waals surface area contributed by atoms with Gasteiger partial charge in [0.15, 0.2) is 5.78 Å². The van der Waals surface area contributed by atoms with Crippen LogP contribution in [-0.2, 0) is 0 Å². The molecule has 1 heterocycles. The van der Waals surface area contributed by atoms with Crippen molar-refractivity contribution in [1.82, 2.24) is 4.57 Å². The minimum Gasteiger partial charge on any atom is -0.324 e. The third-order valence-corrected chi connectivity index (χ3v) is 3.57. The molecule has 0 fully saturated rings. The standard InChI is InChI=1S/C19H14ClNO/c20-17-5-3-4-15(14-17)6-11-19(22)16-7-9-18(10-8-16)21-12-1-2-13-21/h1-14H/b11-6+. The number of allylic oxidation sites excluding steroid dienone is 1. The maximum absolute atomic E-state index is 12.2. The first kappa shape index (κ1) is 14.4. The highest BCUT2D eigenvalue weighted by atomic mass is 35.5. The van der Waals surface area contributed by atoms with Crippen LogP contribution >= 0.6 is 11.6 Å². The van der Waals surface area contributed by atoms with Crippen LogP contribution in [0.1, 0.15) is 15.9 Å². The number of ketones is 1. The van der Waals surface area contributed by atoms with E-state index in [1.165, 1.54) is 0 Å². The second kappa shape index (κ2) is 6.46. The molecule has 0 unspecified atom stereocenters. The van der Waals surface area contributed by atoms with E-state index in [1.807, 2.05) is 71.6 Å². The first-order valence-corrected chi connectivity index (χ1v) is 7.31. The summed E-state index contributed by atoms with van der Waals surface area (Å²) in [5.41, 5.74) is 2.60. The van der Waals surface area contributed by atoms with Gasteiger partial charge in [0.05, 0.1) is 0 Å². The van der Waals surface area contributed by atoms with Gasteiger partial charge in [0.1, 0.15) is 0 Å². The predicted octanol–water partition coefficient (Wildman–Crippen LogP) is 5.03. The molecule has 108 valence electrons. The lowest BCUT2D eigenvalue weighted by molar-refractivity contribution is 0.104. The van der Waals surface area contributed by atoms with Crippen molar-refractivity contribution < 1.29 is 4.79 Å². The number of nitrogens with zero attached hydrogens (tertiary/aromatic N) is 1. The molecule has 0 N–H and O–H groups in total. The molecule has 1 aromatic heterocycles. The van der Waals surface area contributed by atoms with Gasteiger partial charge in [-0.15, -0.1) is 0 Å².